The Balaban J connectivity index is 1.51. The van der Waals surface area contributed by atoms with Crippen LogP contribution in [0.3, 0.4) is 0 Å². The summed E-state index contributed by atoms with van der Waals surface area (Å²) in [7, 11) is 1.89. The Morgan fingerprint density at radius 3 is 2.49 bits per heavy atom. The first-order chi connectivity index (χ1) is 19.9. The minimum absolute atomic E-state index is 0.00659. The van der Waals surface area contributed by atoms with Gasteiger partial charge in [0.05, 0.1) is 34.0 Å². The highest BCUT2D eigenvalue weighted by Crippen LogP contribution is 2.42. The molecule has 1 aromatic carbocycles. The zero-order valence-electron chi connectivity index (χ0n) is 23.3. The van der Waals surface area contributed by atoms with E-state index in [1.165, 1.54) is 5.56 Å². The first-order valence-electron chi connectivity index (χ1n) is 14.2. The maximum atomic E-state index is 13.9. The van der Waals surface area contributed by atoms with Crippen molar-refractivity contribution in [1.82, 2.24) is 34.2 Å². The molecule has 0 N–H and O–H groups in total. The molecule has 0 bridgehead atoms. The summed E-state index contributed by atoms with van der Waals surface area (Å²) in [6.45, 7) is 3.93. The predicted molar refractivity (Wildman–Crippen MR) is 161 cm³/mol. The van der Waals surface area contributed by atoms with Crippen molar-refractivity contribution in [2.24, 2.45) is 13.0 Å². The van der Waals surface area contributed by atoms with Crippen LogP contribution in [0.15, 0.2) is 54.9 Å². The van der Waals surface area contributed by atoms with Crippen LogP contribution in [0.2, 0.25) is 0 Å². The summed E-state index contributed by atoms with van der Waals surface area (Å²) in [4.78, 5) is 9.68. The maximum absolute atomic E-state index is 13.9. The van der Waals surface area contributed by atoms with E-state index in [2.05, 4.69) is 45.2 Å². The van der Waals surface area contributed by atoms with Crippen molar-refractivity contribution in [3.63, 3.8) is 0 Å². The highest BCUT2D eigenvalue weighted by Gasteiger charge is 2.34. The third-order valence-corrected chi connectivity index (χ3v) is 9.96. The van der Waals surface area contributed by atoms with Gasteiger partial charge in [-0.3, -0.25) is 4.98 Å². The van der Waals surface area contributed by atoms with E-state index in [-0.39, 0.29) is 19.1 Å². The number of aromatic nitrogens is 6. The largest absolute Gasteiger partial charge is 0.626 e. The molecule has 0 radical (unpaired) electrons. The van der Waals surface area contributed by atoms with E-state index < -0.39 is 15.8 Å². The van der Waals surface area contributed by atoms with Crippen molar-refractivity contribution in [1.29, 1.82) is 0 Å². The fourth-order valence-corrected chi connectivity index (χ4v) is 7.75. The van der Waals surface area contributed by atoms with Gasteiger partial charge in [0.25, 0.3) is 0 Å². The summed E-state index contributed by atoms with van der Waals surface area (Å²) in [5.41, 5.74) is 6.67. The second kappa shape index (κ2) is 10.5. The number of ether oxygens (including phenoxy) is 1. The van der Waals surface area contributed by atoms with Gasteiger partial charge in [-0.1, -0.05) is 35.5 Å². The Bertz CT molecular complexity index is 1690. The topological polar surface area (TPSA) is 117 Å². The maximum Gasteiger partial charge on any atom is 0.229 e. The second-order valence-corrected chi connectivity index (χ2v) is 12.9. The standard InChI is InChI=1S/C30H33N7O3S/c1-20-29(35(2)34-33-20)23-16-26-28(32-18-23)24-19-31-27(37(38)10-14-41(39)15-11-37)17-25(24)36(26)30(21-6-4-3-5-7-21)22-8-12-40-13-9-22/h3-7,16-19,22,30H,8-15H2,1-2H3/t30-,37?,41?/m1/s1. The van der Waals surface area contributed by atoms with Crippen LogP contribution in [0.1, 0.15) is 30.1 Å². The molecule has 41 heavy (non-hydrogen) atoms. The van der Waals surface area contributed by atoms with Gasteiger partial charge in [0.1, 0.15) is 13.1 Å². The van der Waals surface area contributed by atoms with E-state index in [1.807, 2.05) is 38.5 Å². The van der Waals surface area contributed by atoms with Gasteiger partial charge >= 0.3 is 0 Å². The summed E-state index contributed by atoms with van der Waals surface area (Å²) in [5, 5.41) is 23.3. The smallest absolute Gasteiger partial charge is 0.229 e. The number of fused-ring (bicyclic) bond motifs is 3. The van der Waals surface area contributed by atoms with E-state index >= 15 is 0 Å². The molecule has 212 valence electrons. The lowest BCUT2D eigenvalue weighted by molar-refractivity contribution is 0.0553. The van der Waals surface area contributed by atoms with Crippen LogP contribution in [0.4, 0.5) is 5.82 Å². The number of nitrogens with zero attached hydrogens (tertiary/aromatic N) is 7. The summed E-state index contributed by atoms with van der Waals surface area (Å²) in [6.07, 6.45) is 5.55. The molecule has 10 nitrogen and oxygen atoms in total. The minimum Gasteiger partial charge on any atom is -0.626 e. The highest BCUT2D eigenvalue weighted by molar-refractivity contribution is 7.91. The predicted octanol–water partition coefficient (Wildman–Crippen LogP) is 4.27. The van der Waals surface area contributed by atoms with E-state index in [0.29, 0.717) is 23.2 Å². The van der Waals surface area contributed by atoms with Crippen LogP contribution in [-0.2, 0) is 23.0 Å². The molecule has 11 heteroatoms. The van der Waals surface area contributed by atoms with Gasteiger partial charge in [0.15, 0.2) is 11.5 Å². The van der Waals surface area contributed by atoms with Crippen LogP contribution < -0.4 is 4.65 Å². The van der Waals surface area contributed by atoms with Crippen molar-refractivity contribution < 1.29 is 9.29 Å². The van der Waals surface area contributed by atoms with Crippen LogP contribution in [0, 0.1) is 18.0 Å². The lowest BCUT2D eigenvalue weighted by Crippen LogP contribution is -2.54. The summed E-state index contributed by atoms with van der Waals surface area (Å²) >= 11 is -0.944. The number of benzene rings is 1. The van der Waals surface area contributed by atoms with E-state index in [9.17, 15) is 9.76 Å². The fraction of sp³-hybridized carbons (Fsp3) is 0.400. The van der Waals surface area contributed by atoms with E-state index in [0.717, 1.165) is 64.9 Å². The Morgan fingerprint density at radius 2 is 1.78 bits per heavy atom. The number of hydrogen-bond acceptors (Lipinski definition) is 7. The van der Waals surface area contributed by atoms with Crippen LogP contribution >= 0.6 is 0 Å². The summed E-state index contributed by atoms with van der Waals surface area (Å²) < 4.78 is 21.4. The molecule has 6 heterocycles. The molecule has 2 saturated heterocycles. The van der Waals surface area contributed by atoms with Gasteiger partial charge in [0, 0.05) is 49.7 Å². The van der Waals surface area contributed by atoms with Crippen molar-refractivity contribution in [3.05, 3.63) is 71.3 Å². The van der Waals surface area contributed by atoms with Gasteiger partial charge in [-0.15, -0.1) is 5.10 Å². The highest BCUT2D eigenvalue weighted by atomic mass is 32.2. The second-order valence-electron chi connectivity index (χ2n) is 11.2. The summed E-state index contributed by atoms with van der Waals surface area (Å²) in [6, 6.07) is 14.7. The Kier molecular flexibility index (Phi) is 6.79. The third kappa shape index (κ3) is 4.61. The molecule has 0 spiro atoms. The molecule has 0 saturated carbocycles. The molecule has 4 aromatic heterocycles. The number of pyridine rings is 2. The lowest BCUT2D eigenvalue weighted by Gasteiger charge is -2.43. The van der Waals surface area contributed by atoms with Gasteiger partial charge in [0.2, 0.25) is 5.82 Å². The number of rotatable bonds is 5. The third-order valence-electron chi connectivity index (χ3n) is 8.69. The van der Waals surface area contributed by atoms with Gasteiger partial charge in [-0.05, 0) is 48.5 Å². The number of hydroxylamine groups is 2. The molecule has 0 unspecified atom stereocenters. The Labute approximate surface area is 241 Å². The molecular formula is C30H33N7O3S. The molecule has 5 aromatic rings. The van der Waals surface area contributed by atoms with Crippen molar-refractivity contribution >= 4 is 38.9 Å². The first-order valence-corrected chi connectivity index (χ1v) is 15.6. The fourth-order valence-electron chi connectivity index (χ4n) is 6.55. The molecule has 2 aliphatic heterocycles. The normalized spacial score (nSPS) is 22.9. The number of aryl methyl sites for hydroxylation is 2. The lowest BCUT2D eigenvalue weighted by atomic mass is 9.86. The van der Waals surface area contributed by atoms with Crippen molar-refractivity contribution in [3.8, 4) is 11.3 Å². The van der Waals surface area contributed by atoms with Gasteiger partial charge in [-0.2, -0.15) is 0 Å². The zero-order chi connectivity index (χ0) is 28.1. The average molecular weight is 572 g/mol. The molecular weight excluding hydrogens is 538 g/mol. The molecule has 7 rings (SSSR count). The van der Waals surface area contributed by atoms with Crippen LogP contribution in [-0.4, -0.2) is 71.9 Å². The molecule has 0 amide bonds. The minimum atomic E-state index is -0.944. The van der Waals surface area contributed by atoms with Crippen LogP contribution in [0.25, 0.3) is 33.2 Å². The van der Waals surface area contributed by atoms with Gasteiger partial charge < -0.3 is 23.7 Å². The van der Waals surface area contributed by atoms with E-state index in [4.69, 9.17) is 14.7 Å². The Hall–Kier alpha value is -3.35. The molecule has 1 atom stereocenters. The zero-order valence-corrected chi connectivity index (χ0v) is 24.1. The summed E-state index contributed by atoms with van der Waals surface area (Å²) in [5.74, 6) is 1.58. The van der Waals surface area contributed by atoms with E-state index in [1.54, 1.807) is 4.68 Å². The number of hydrogen-bond donors (Lipinski definition) is 0. The Morgan fingerprint density at radius 1 is 1.02 bits per heavy atom. The monoisotopic (exact) mass is 571 g/mol. The quantitative estimate of drug-likeness (QED) is 0.176. The van der Waals surface area contributed by atoms with Crippen molar-refractivity contribution in [2.45, 2.75) is 25.8 Å². The average Bonchev–Trinajstić information content (AvgIpc) is 3.51. The van der Waals surface area contributed by atoms with Gasteiger partial charge in [-0.25, -0.2) is 9.67 Å². The molecule has 2 aliphatic rings. The number of quaternary nitrogens is 1. The molecule has 0 aliphatic carbocycles. The first kappa shape index (κ1) is 26.5. The SMILES string of the molecule is Cc1nnn(C)c1-c1cnc2c3cnc([N+]4([O-])CC[S+]([O-])CC4)cc3n([C@H](c3ccccc3)C3CCOCC3)c2c1. The van der Waals surface area contributed by atoms with Crippen LogP contribution in [0.5, 0.6) is 0 Å². The van der Waals surface area contributed by atoms with Crippen molar-refractivity contribution in [2.75, 3.05) is 37.8 Å². The molecule has 2 fully saturated rings.